The average molecular weight is 311 g/mol. The van der Waals surface area contributed by atoms with Crippen molar-refractivity contribution < 1.29 is 11.0 Å². The maximum absolute atomic E-state index is 11.6. The van der Waals surface area contributed by atoms with Crippen LogP contribution in [0.3, 0.4) is 0 Å². The second kappa shape index (κ2) is 5.75. The summed E-state index contributed by atoms with van der Waals surface area (Å²) in [6.45, 7) is 0. The van der Waals surface area contributed by atoms with Gasteiger partial charge in [-0.05, 0) is 29.6 Å². The van der Waals surface area contributed by atoms with Crippen LogP contribution in [0.5, 0.6) is 0 Å². The molecule has 1 aromatic heterocycles. The molecule has 0 saturated heterocycles. The highest BCUT2D eigenvalue weighted by atomic mass is 79.9. The number of rotatable bonds is 3. The van der Waals surface area contributed by atoms with Gasteiger partial charge < -0.3 is 4.84 Å². The Morgan fingerprint density at radius 1 is 1.47 bits per heavy atom. The van der Waals surface area contributed by atoms with E-state index in [1.165, 1.54) is 11.3 Å². The second-order valence-electron chi connectivity index (χ2n) is 3.07. The zero-order valence-electron chi connectivity index (χ0n) is 9.59. The third-order valence-electron chi connectivity index (χ3n) is 1.87. The first-order valence-corrected chi connectivity index (χ1v) is 6.39. The van der Waals surface area contributed by atoms with Crippen molar-refractivity contribution in [3.63, 3.8) is 0 Å². The van der Waals surface area contributed by atoms with Crippen LogP contribution < -0.4 is 0 Å². The number of oxime groups is 1. The summed E-state index contributed by atoms with van der Waals surface area (Å²) < 4.78 is 8.38. The van der Waals surface area contributed by atoms with E-state index in [9.17, 15) is 4.79 Å². The lowest BCUT2D eigenvalue weighted by atomic mass is 10.2. The van der Waals surface area contributed by atoms with Gasteiger partial charge in [0.25, 0.3) is 0 Å². The first-order chi connectivity index (χ1) is 8.66. The van der Waals surface area contributed by atoms with Gasteiger partial charge in [0.15, 0.2) is 0 Å². The number of carbonyl (C=O) groups excluding carboxylic acids is 1. The minimum Gasteiger partial charge on any atom is -0.313 e. The minimum atomic E-state index is -0.586. The van der Waals surface area contributed by atoms with E-state index in [0.29, 0.717) is 10.4 Å². The van der Waals surface area contributed by atoms with E-state index in [1.54, 1.807) is 30.3 Å². The van der Waals surface area contributed by atoms with Crippen LogP contribution in [-0.4, -0.2) is 12.2 Å². The third kappa shape index (κ3) is 3.51. The van der Waals surface area contributed by atoms with E-state index in [-0.39, 0.29) is 6.19 Å². The van der Waals surface area contributed by atoms with Gasteiger partial charge in [-0.15, -0.1) is 11.3 Å². The highest BCUT2D eigenvalue weighted by Crippen LogP contribution is 2.12. The van der Waals surface area contributed by atoms with Crippen LogP contribution in [-0.2, 0) is 4.84 Å². The molecule has 86 valence electrons. The maximum atomic E-state index is 11.6. The highest BCUT2D eigenvalue weighted by molar-refractivity contribution is 9.10. The monoisotopic (exact) mass is 310 g/mol. The van der Waals surface area contributed by atoms with Gasteiger partial charge in [-0.3, -0.25) is 0 Å². The van der Waals surface area contributed by atoms with Gasteiger partial charge in [-0.2, -0.15) is 0 Å². The van der Waals surface area contributed by atoms with Crippen LogP contribution in [0.4, 0.5) is 0 Å². The number of nitrogens with zero attached hydrogens (tertiary/aromatic N) is 1. The summed E-state index contributed by atoms with van der Waals surface area (Å²) >= 11 is 4.63. The lowest BCUT2D eigenvalue weighted by molar-refractivity contribution is 0.0519. The summed E-state index contributed by atoms with van der Waals surface area (Å²) in [4.78, 5) is 17.0. The van der Waals surface area contributed by atoms with Crippen LogP contribution in [0.25, 0.3) is 0 Å². The second-order valence-corrected chi connectivity index (χ2v) is 4.93. The Bertz CT molecular complexity index is 584. The van der Waals surface area contributed by atoms with Crippen LogP contribution in [0.1, 0.15) is 16.6 Å². The van der Waals surface area contributed by atoms with Crippen molar-refractivity contribution in [2.45, 2.75) is 0 Å². The number of carbonyl (C=O) groups is 1. The average Bonchev–Trinajstić information content (AvgIpc) is 2.89. The van der Waals surface area contributed by atoms with Gasteiger partial charge in [0.05, 0.1) is 13.1 Å². The Kier molecular flexibility index (Phi) is 3.61. The first kappa shape index (κ1) is 10.7. The molecular formula is C12H8BrNO2S. The summed E-state index contributed by atoms with van der Waals surface area (Å²) in [5.74, 6) is -0.586. The fourth-order valence-electron chi connectivity index (χ4n) is 1.12. The zero-order chi connectivity index (χ0) is 13.0. The topological polar surface area (TPSA) is 38.7 Å². The maximum Gasteiger partial charge on any atom is 0.365 e. The molecule has 0 fully saturated rings. The van der Waals surface area contributed by atoms with Crippen molar-refractivity contribution in [1.29, 1.82) is 0 Å². The predicted octanol–water partition coefficient (Wildman–Crippen LogP) is 3.70. The van der Waals surface area contributed by atoms with Gasteiger partial charge in [0, 0.05) is 9.35 Å². The molecule has 5 heteroatoms. The minimum absolute atomic E-state index is 0.0617. The Hall–Kier alpha value is -1.46. The Balaban J connectivity index is 2.07. The summed E-state index contributed by atoms with van der Waals surface area (Å²) in [6, 6.07) is 10.3. The van der Waals surface area contributed by atoms with Crippen LogP contribution in [0.2, 0.25) is 0 Å². The van der Waals surface area contributed by atoms with Crippen molar-refractivity contribution in [2.75, 3.05) is 0 Å². The molecule has 0 amide bonds. The molecule has 0 aliphatic carbocycles. The molecular weight excluding hydrogens is 302 g/mol. The number of halogens is 1. The lowest BCUT2D eigenvalue weighted by Gasteiger charge is -1.97. The van der Waals surface area contributed by atoms with E-state index in [2.05, 4.69) is 21.1 Å². The van der Waals surface area contributed by atoms with Crippen LogP contribution >= 0.6 is 27.3 Å². The highest BCUT2D eigenvalue weighted by Gasteiger charge is 2.06. The fraction of sp³-hybridized carbons (Fsp3) is 0. The molecule has 0 atom stereocenters. The fourth-order valence-corrected chi connectivity index (χ4v) is 2.07. The van der Waals surface area contributed by atoms with Crippen LogP contribution in [0.15, 0.2) is 51.4 Å². The van der Waals surface area contributed by atoms with Crippen molar-refractivity contribution >= 4 is 39.4 Å². The Morgan fingerprint density at radius 3 is 3.06 bits per heavy atom. The van der Waals surface area contributed by atoms with E-state index in [4.69, 9.17) is 6.21 Å². The smallest absolute Gasteiger partial charge is 0.313 e. The van der Waals surface area contributed by atoms with Crippen molar-refractivity contribution in [2.24, 2.45) is 5.16 Å². The summed E-state index contributed by atoms with van der Waals surface area (Å²) in [5, 5.41) is 5.33. The molecule has 2 rings (SSSR count). The summed E-state index contributed by atoms with van der Waals surface area (Å²) in [7, 11) is 0. The molecule has 3 nitrogen and oxygen atoms in total. The molecule has 0 unspecified atom stereocenters. The van der Waals surface area contributed by atoms with Crippen molar-refractivity contribution in [3.05, 3.63) is 56.7 Å². The number of thiophene rings is 1. The molecule has 1 aromatic carbocycles. The van der Waals surface area contributed by atoms with Gasteiger partial charge in [-0.1, -0.05) is 33.2 Å². The number of benzene rings is 1. The zero-order valence-corrected chi connectivity index (χ0v) is 11.0. The molecule has 0 aliphatic heterocycles. The first-order valence-electron chi connectivity index (χ1n) is 5.22. The SMILES string of the molecule is [2H]/C(=N/OC(=O)c1cccc(Br)c1)c1cccs1. The van der Waals surface area contributed by atoms with E-state index >= 15 is 0 Å². The summed E-state index contributed by atoms with van der Waals surface area (Å²) in [6.07, 6.45) is -0.0617. The molecule has 0 spiro atoms. The van der Waals surface area contributed by atoms with Gasteiger partial charge in [-0.25, -0.2) is 4.79 Å². The van der Waals surface area contributed by atoms with Crippen molar-refractivity contribution in [1.82, 2.24) is 0 Å². The Labute approximate surface area is 112 Å². The molecule has 17 heavy (non-hydrogen) atoms. The number of hydrogen-bond donors (Lipinski definition) is 0. The van der Waals surface area contributed by atoms with E-state index in [1.807, 2.05) is 11.4 Å². The third-order valence-corrected chi connectivity index (χ3v) is 3.13. The molecule has 0 saturated carbocycles. The molecule has 0 N–H and O–H groups in total. The van der Waals surface area contributed by atoms with Gasteiger partial charge >= 0.3 is 5.97 Å². The van der Waals surface area contributed by atoms with Gasteiger partial charge in [0.2, 0.25) is 0 Å². The molecule has 1 heterocycles. The molecule has 0 radical (unpaired) electrons. The standard InChI is InChI=1S/C12H8BrNO2S/c13-10-4-1-3-9(7-10)12(15)16-14-8-11-5-2-6-17-11/h1-8H/b14-8-/i8D. The van der Waals surface area contributed by atoms with Crippen LogP contribution in [0, 0.1) is 0 Å². The lowest BCUT2D eigenvalue weighted by Crippen LogP contribution is -2.00. The van der Waals surface area contributed by atoms with E-state index in [0.717, 1.165) is 4.47 Å². The normalized spacial score (nSPS) is 12.1. The Morgan fingerprint density at radius 2 is 2.35 bits per heavy atom. The predicted molar refractivity (Wildman–Crippen MR) is 71.5 cm³/mol. The quantitative estimate of drug-likeness (QED) is 0.492. The van der Waals surface area contributed by atoms with E-state index < -0.39 is 5.97 Å². The van der Waals surface area contributed by atoms with Gasteiger partial charge in [0.1, 0.15) is 0 Å². The molecule has 0 bridgehead atoms. The van der Waals surface area contributed by atoms with Crippen molar-refractivity contribution in [3.8, 4) is 0 Å². The molecule has 0 aliphatic rings. The largest absolute Gasteiger partial charge is 0.365 e. The molecule has 2 aromatic rings. The summed E-state index contributed by atoms with van der Waals surface area (Å²) in [5.41, 5.74) is 0.382. The number of hydrogen-bond acceptors (Lipinski definition) is 4.